The number of anilines is 2. The van der Waals surface area contributed by atoms with Gasteiger partial charge in [0.1, 0.15) is 6.26 Å². The standard InChI is InChI=1S/C11H10F3N5O3S/c12-11(13,14)8-16-17-10(23-8)19-3-1-18(2-4-19)9-15-6(5-22-9)7(20)21/h5H,1-4H2,(H,20,21). The fourth-order valence-corrected chi connectivity index (χ4v) is 2.82. The third-order valence-electron chi connectivity index (χ3n) is 3.19. The number of rotatable bonds is 3. The smallest absolute Gasteiger partial charge is 0.445 e. The van der Waals surface area contributed by atoms with E-state index in [1.807, 2.05) is 0 Å². The zero-order valence-corrected chi connectivity index (χ0v) is 12.3. The number of carboxylic acids is 1. The Kier molecular flexibility index (Phi) is 3.83. The minimum atomic E-state index is -4.50. The minimum Gasteiger partial charge on any atom is -0.476 e. The number of carbonyl (C=O) groups is 1. The van der Waals surface area contributed by atoms with Gasteiger partial charge in [0, 0.05) is 26.2 Å². The molecule has 0 radical (unpaired) electrons. The Morgan fingerprint density at radius 2 is 1.87 bits per heavy atom. The fraction of sp³-hybridized carbons (Fsp3) is 0.455. The minimum absolute atomic E-state index is 0.176. The number of hydrogen-bond acceptors (Lipinski definition) is 8. The predicted octanol–water partition coefficient (Wildman–Crippen LogP) is 1.57. The molecule has 12 heteroatoms. The van der Waals surface area contributed by atoms with Crippen molar-refractivity contribution in [1.82, 2.24) is 15.2 Å². The molecule has 124 valence electrons. The Labute approximate surface area is 131 Å². The van der Waals surface area contributed by atoms with Gasteiger partial charge in [-0.1, -0.05) is 11.3 Å². The van der Waals surface area contributed by atoms with Crippen molar-refractivity contribution in [1.29, 1.82) is 0 Å². The molecule has 0 spiro atoms. The van der Waals surface area contributed by atoms with Crippen LogP contribution in [0.4, 0.5) is 24.3 Å². The van der Waals surface area contributed by atoms with Gasteiger partial charge in [-0.3, -0.25) is 0 Å². The highest BCUT2D eigenvalue weighted by Crippen LogP contribution is 2.34. The third-order valence-corrected chi connectivity index (χ3v) is 4.22. The topological polar surface area (TPSA) is 95.6 Å². The van der Waals surface area contributed by atoms with E-state index < -0.39 is 17.2 Å². The van der Waals surface area contributed by atoms with Crippen LogP contribution < -0.4 is 9.80 Å². The van der Waals surface area contributed by atoms with Crippen LogP contribution in [0.5, 0.6) is 0 Å². The Morgan fingerprint density at radius 1 is 1.22 bits per heavy atom. The fourth-order valence-electron chi connectivity index (χ4n) is 2.05. The molecular weight excluding hydrogens is 339 g/mol. The summed E-state index contributed by atoms with van der Waals surface area (Å²) in [6.45, 7) is 1.63. The Balaban J connectivity index is 1.64. The van der Waals surface area contributed by atoms with Crippen molar-refractivity contribution in [3.05, 3.63) is 17.0 Å². The Bertz CT molecular complexity index is 708. The number of piperazine rings is 1. The summed E-state index contributed by atoms with van der Waals surface area (Å²) in [4.78, 5) is 18.0. The molecule has 23 heavy (non-hydrogen) atoms. The molecule has 8 nitrogen and oxygen atoms in total. The van der Waals surface area contributed by atoms with Gasteiger partial charge in [0.25, 0.3) is 6.01 Å². The second-order valence-corrected chi connectivity index (χ2v) is 5.64. The molecule has 2 aromatic rings. The lowest BCUT2D eigenvalue weighted by atomic mass is 10.3. The summed E-state index contributed by atoms with van der Waals surface area (Å²) < 4.78 is 42.7. The number of halogens is 3. The highest BCUT2D eigenvalue weighted by Gasteiger charge is 2.36. The summed E-state index contributed by atoms with van der Waals surface area (Å²) in [5.74, 6) is -1.19. The van der Waals surface area contributed by atoms with Crippen LogP contribution in [0.2, 0.25) is 0 Å². The maximum absolute atomic E-state index is 12.5. The zero-order valence-electron chi connectivity index (χ0n) is 11.4. The summed E-state index contributed by atoms with van der Waals surface area (Å²) in [7, 11) is 0. The highest BCUT2D eigenvalue weighted by molar-refractivity contribution is 7.15. The molecule has 1 N–H and O–H groups in total. The molecule has 0 atom stereocenters. The van der Waals surface area contributed by atoms with Crippen LogP contribution in [-0.2, 0) is 6.18 Å². The van der Waals surface area contributed by atoms with Gasteiger partial charge in [-0.25, -0.2) is 4.79 Å². The first kappa shape index (κ1) is 15.5. The van der Waals surface area contributed by atoms with E-state index in [0.717, 1.165) is 6.26 Å². The molecule has 1 fully saturated rings. The summed E-state index contributed by atoms with van der Waals surface area (Å²) >= 11 is 0.495. The second-order valence-electron chi connectivity index (χ2n) is 4.68. The number of aromatic carboxylic acids is 1. The largest absolute Gasteiger partial charge is 0.476 e. The van der Waals surface area contributed by atoms with Crippen molar-refractivity contribution in [2.75, 3.05) is 36.0 Å². The van der Waals surface area contributed by atoms with Crippen molar-refractivity contribution in [3.8, 4) is 0 Å². The van der Waals surface area contributed by atoms with E-state index in [-0.39, 0.29) is 16.8 Å². The molecule has 3 heterocycles. The lowest BCUT2D eigenvalue weighted by Gasteiger charge is -2.33. The van der Waals surface area contributed by atoms with Crippen molar-refractivity contribution in [2.45, 2.75) is 6.18 Å². The van der Waals surface area contributed by atoms with Crippen LogP contribution in [-0.4, -0.2) is 52.4 Å². The van der Waals surface area contributed by atoms with Gasteiger partial charge in [0.2, 0.25) is 10.1 Å². The van der Waals surface area contributed by atoms with Crippen LogP contribution in [0.25, 0.3) is 0 Å². The van der Waals surface area contributed by atoms with Gasteiger partial charge in [-0.2, -0.15) is 18.2 Å². The number of carboxylic acid groups (broad SMARTS) is 1. The van der Waals surface area contributed by atoms with E-state index in [2.05, 4.69) is 15.2 Å². The van der Waals surface area contributed by atoms with E-state index in [1.165, 1.54) is 0 Å². The van der Waals surface area contributed by atoms with E-state index >= 15 is 0 Å². The van der Waals surface area contributed by atoms with Gasteiger partial charge in [0.15, 0.2) is 5.69 Å². The Hall–Kier alpha value is -2.37. The first-order chi connectivity index (χ1) is 10.8. The summed E-state index contributed by atoms with van der Waals surface area (Å²) in [5.41, 5.74) is -0.193. The van der Waals surface area contributed by atoms with Crippen molar-refractivity contribution < 1.29 is 27.5 Å². The van der Waals surface area contributed by atoms with Crippen molar-refractivity contribution >= 4 is 28.5 Å². The molecule has 0 saturated carbocycles. The quantitative estimate of drug-likeness (QED) is 0.892. The SMILES string of the molecule is O=C(O)c1coc(N2CCN(c3nnc(C(F)(F)F)s3)CC2)n1. The molecule has 1 saturated heterocycles. The van der Waals surface area contributed by atoms with Gasteiger partial charge >= 0.3 is 12.1 Å². The predicted molar refractivity (Wildman–Crippen MR) is 72.8 cm³/mol. The van der Waals surface area contributed by atoms with Crippen LogP contribution in [0.1, 0.15) is 15.5 Å². The molecule has 1 aliphatic heterocycles. The number of oxazole rings is 1. The summed E-state index contributed by atoms with van der Waals surface area (Å²) in [6.07, 6.45) is -3.45. The average Bonchev–Trinajstić information content (AvgIpc) is 3.16. The normalized spacial score (nSPS) is 16.0. The van der Waals surface area contributed by atoms with Gasteiger partial charge in [0.05, 0.1) is 0 Å². The second kappa shape index (κ2) is 5.68. The number of nitrogens with zero attached hydrogens (tertiary/aromatic N) is 5. The summed E-state index contributed by atoms with van der Waals surface area (Å²) in [6, 6.07) is 0.176. The van der Waals surface area contributed by atoms with E-state index in [0.29, 0.717) is 37.5 Å². The van der Waals surface area contributed by atoms with Crippen LogP contribution >= 0.6 is 11.3 Å². The van der Waals surface area contributed by atoms with Gasteiger partial charge < -0.3 is 19.3 Å². The number of alkyl halides is 3. The third kappa shape index (κ3) is 3.21. The highest BCUT2D eigenvalue weighted by atomic mass is 32.1. The van der Waals surface area contributed by atoms with E-state index in [4.69, 9.17) is 9.52 Å². The Morgan fingerprint density at radius 3 is 2.39 bits per heavy atom. The molecular formula is C11H10F3N5O3S. The lowest BCUT2D eigenvalue weighted by molar-refractivity contribution is -0.138. The molecule has 0 amide bonds. The summed E-state index contributed by atoms with van der Waals surface area (Å²) in [5, 5.41) is 14.8. The molecule has 3 rings (SSSR count). The average molecular weight is 349 g/mol. The maximum Gasteiger partial charge on any atom is 0.445 e. The first-order valence-electron chi connectivity index (χ1n) is 6.44. The molecule has 0 aromatic carbocycles. The van der Waals surface area contributed by atoms with Crippen LogP contribution in [0.3, 0.4) is 0 Å². The van der Waals surface area contributed by atoms with Crippen molar-refractivity contribution in [3.63, 3.8) is 0 Å². The van der Waals surface area contributed by atoms with E-state index in [9.17, 15) is 18.0 Å². The number of hydrogen-bond donors (Lipinski definition) is 1. The maximum atomic E-state index is 12.5. The lowest BCUT2D eigenvalue weighted by Crippen LogP contribution is -2.46. The van der Waals surface area contributed by atoms with Crippen LogP contribution in [0, 0.1) is 0 Å². The first-order valence-corrected chi connectivity index (χ1v) is 7.25. The molecule has 1 aliphatic rings. The van der Waals surface area contributed by atoms with Gasteiger partial charge in [-0.05, 0) is 0 Å². The van der Waals surface area contributed by atoms with Gasteiger partial charge in [-0.15, -0.1) is 10.2 Å². The van der Waals surface area contributed by atoms with E-state index in [1.54, 1.807) is 9.80 Å². The molecule has 2 aromatic heterocycles. The molecule has 0 bridgehead atoms. The molecule has 0 unspecified atom stereocenters. The van der Waals surface area contributed by atoms with Crippen LogP contribution in [0.15, 0.2) is 10.7 Å². The number of aromatic nitrogens is 3. The van der Waals surface area contributed by atoms with Crippen molar-refractivity contribution in [2.24, 2.45) is 0 Å². The zero-order chi connectivity index (χ0) is 16.6. The monoisotopic (exact) mass is 349 g/mol. The molecule has 0 aliphatic carbocycles.